The molecule has 0 radical (unpaired) electrons. The lowest BCUT2D eigenvalue weighted by Gasteiger charge is -2.17. The Balaban J connectivity index is 3.14. The Kier molecular flexibility index (Phi) is 3.46. The molecule has 0 fully saturated rings. The molecular formula is C13H16F2O. The Morgan fingerprint density at radius 1 is 1.25 bits per heavy atom. The highest BCUT2D eigenvalue weighted by molar-refractivity contribution is 5.97. The van der Waals surface area contributed by atoms with Crippen LogP contribution in [0.2, 0.25) is 0 Å². The van der Waals surface area contributed by atoms with Crippen molar-refractivity contribution in [3.63, 3.8) is 0 Å². The van der Waals surface area contributed by atoms with E-state index in [0.29, 0.717) is 5.56 Å². The second-order valence-corrected chi connectivity index (χ2v) is 5.21. The predicted molar refractivity (Wildman–Crippen MR) is 59.5 cm³/mol. The zero-order valence-corrected chi connectivity index (χ0v) is 10.0. The van der Waals surface area contributed by atoms with Gasteiger partial charge >= 0.3 is 0 Å². The number of carbonyl (C=O) groups is 1. The van der Waals surface area contributed by atoms with Crippen molar-refractivity contribution in [2.75, 3.05) is 0 Å². The number of benzene rings is 1. The van der Waals surface area contributed by atoms with Gasteiger partial charge in [0, 0.05) is 6.42 Å². The molecule has 1 aromatic rings. The van der Waals surface area contributed by atoms with Crippen molar-refractivity contribution in [1.82, 2.24) is 0 Å². The number of ketones is 1. The first-order valence-corrected chi connectivity index (χ1v) is 5.20. The van der Waals surface area contributed by atoms with Crippen LogP contribution in [0.5, 0.6) is 0 Å². The highest BCUT2D eigenvalue weighted by atomic mass is 19.1. The topological polar surface area (TPSA) is 17.1 Å². The molecule has 0 aliphatic rings. The Morgan fingerprint density at radius 3 is 2.31 bits per heavy atom. The zero-order valence-electron chi connectivity index (χ0n) is 10.0. The molecule has 0 spiro atoms. The van der Waals surface area contributed by atoms with E-state index in [1.54, 1.807) is 0 Å². The molecule has 0 saturated carbocycles. The van der Waals surface area contributed by atoms with Crippen LogP contribution < -0.4 is 0 Å². The van der Waals surface area contributed by atoms with Gasteiger partial charge in [0.1, 0.15) is 11.6 Å². The molecule has 0 aromatic heterocycles. The van der Waals surface area contributed by atoms with Gasteiger partial charge in [0.15, 0.2) is 5.78 Å². The minimum atomic E-state index is -0.780. The fraction of sp³-hybridized carbons (Fsp3) is 0.462. The average Bonchev–Trinajstić information content (AvgIpc) is 2.09. The van der Waals surface area contributed by atoms with Crippen LogP contribution >= 0.6 is 0 Å². The first-order chi connectivity index (χ1) is 7.22. The lowest BCUT2D eigenvalue weighted by atomic mass is 9.87. The van der Waals surface area contributed by atoms with Crippen LogP contribution in [0.3, 0.4) is 0 Å². The van der Waals surface area contributed by atoms with Gasteiger partial charge in [-0.25, -0.2) is 8.78 Å². The largest absolute Gasteiger partial charge is 0.294 e. The maximum Gasteiger partial charge on any atom is 0.169 e. The van der Waals surface area contributed by atoms with Crippen molar-refractivity contribution in [1.29, 1.82) is 0 Å². The third kappa shape index (κ3) is 2.87. The van der Waals surface area contributed by atoms with Gasteiger partial charge in [-0.1, -0.05) is 26.8 Å². The van der Waals surface area contributed by atoms with E-state index >= 15 is 0 Å². The van der Waals surface area contributed by atoms with Gasteiger partial charge in [-0.15, -0.1) is 0 Å². The number of Topliss-reactive ketones (excluding diaryl/α,β-unsaturated/α-hetero) is 1. The molecule has 1 rings (SSSR count). The number of aryl methyl sites for hydroxylation is 1. The first-order valence-electron chi connectivity index (χ1n) is 5.20. The summed E-state index contributed by atoms with van der Waals surface area (Å²) in [4.78, 5) is 11.8. The number of rotatable bonds is 2. The maximum absolute atomic E-state index is 13.6. The van der Waals surface area contributed by atoms with E-state index < -0.39 is 23.0 Å². The lowest BCUT2D eigenvalue weighted by Crippen LogP contribution is -2.16. The summed E-state index contributed by atoms with van der Waals surface area (Å²) in [6.07, 6.45) is 0.129. The standard InChI is InChI=1S/C13H16F2O/c1-8-5-6-9(14)11(12(8)15)10(16)7-13(2,3)4/h5-6H,7H2,1-4H3. The Bertz CT molecular complexity index is 417. The molecule has 0 saturated heterocycles. The third-order valence-corrected chi connectivity index (χ3v) is 2.25. The zero-order chi connectivity index (χ0) is 12.5. The normalized spacial score (nSPS) is 11.6. The smallest absolute Gasteiger partial charge is 0.169 e. The van der Waals surface area contributed by atoms with Crippen molar-refractivity contribution >= 4 is 5.78 Å². The number of hydrogen-bond donors (Lipinski definition) is 0. The average molecular weight is 226 g/mol. The quantitative estimate of drug-likeness (QED) is 0.699. The highest BCUT2D eigenvalue weighted by Crippen LogP contribution is 2.25. The minimum absolute atomic E-state index is 0.129. The molecule has 0 N–H and O–H groups in total. The van der Waals surface area contributed by atoms with Gasteiger partial charge < -0.3 is 0 Å². The summed E-state index contributed by atoms with van der Waals surface area (Å²) in [6.45, 7) is 7.09. The van der Waals surface area contributed by atoms with Crippen molar-refractivity contribution < 1.29 is 13.6 Å². The van der Waals surface area contributed by atoms with E-state index in [-0.39, 0.29) is 11.8 Å². The van der Waals surface area contributed by atoms with Gasteiger partial charge in [-0.3, -0.25) is 4.79 Å². The summed E-state index contributed by atoms with van der Waals surface area (Å²) in [5.74, 6) is -2.00. The number of carbonyl (C=O) groups excluding carboxylic acids is 1. The Labute approximate surface area is 94.5 Å². The van der Waals surface area contributed by atoms with Crippen LogP contribution in [-0.4, -0.2) is 5.78 Å². The predicted octanol–water partition coefficient (Wildman–Crippen LogP) is 3.89. The van der Waals surface area contributed by atoms with Gasteiger partial charge in [0.2, 0.25) is 0 Å². The first kappa shape index (κ1) is 12.8. The van der Waals surface area contributed by atoms with Crippen molar-refractivity contribution in [3.8, 4) is 0 Å². The van der Waals surface area contributed by atoms with E-state index in [0.717, 1.165) is 6.07 Å². The Hall–Kier alpha value is -1.25. The van der Waals surface area contributed by atoms with Crippen molar-refractivity contribution in [2.45, 2.75) is 34.1 Å². The summed E-state index contributed by atoms with van der Waals surface area (Å²) >= 11 is 0. The molecule has 0 heterocycles. The second kappa shape index (κ2) is 4.32. The van der Waals surface area contributed by atoms with Crippen LogP contribution in [0.1, 0.15) is 43.1 Å². The van der Waals surface area contributed by atoms with Gasteiger partial charge in [-0.05, 0) is 24.0 Å². The number of halogens is 2. The summed E-state index contributed by atoms with van der Waals surface area (Å²) in [6, 6.07) is 2.47. The molecule has 1 aromatic carbocycles. The van der Waals surface area contributed by atoms with Crippen LogP contribution in [0.4, 0.5) is 8.78 Å². The van der Waals surface area contributed by atoms with Crippen LogP contribution in [0.15, 0.2) is 12.1 Å². The van der Waals surface area contributed by atoms with Gasteiger partial charge in [0.05, 0.1) is 5.56 Å². The fourth-order valence-corrected chi connectivity index (χ4v) is 1.48. The molecule has 0 atom stereocenters. The molecule has 88 valence electrons. The SMILES string of the molecule is Cc1ccc(F)c(C(=O)CC(C)(C)C)c1F. The highest BCUT2D eigenvalue weighted by Gasteiger charge is 2.23. The molecule has 1 nitrogen and oxygen atoms in total. The Morgan fingerprint density at radius 2 is 1.81 bits per heavy atom. The van der Waals surface area contributed by atoms with Crippen LogP contribution in [0.25, 0.3) is 0 Å². The summed E-state index contributed by atoms with van der Waals surface area (Å²) in [5, 5.41) is 0. The molecular weight excluding hydrogens is 210 g/mol. The van der Waals surface area contributed by atoms with Gasteiger partial charge in [-0.2, -0.15) is 0 Å². The molecule has 3 heteroatoms. The molecule has 0 bridgehead atoms. The third-order valence-electron chi connectivity index (χ3n) is 2.25. The molecule has 0 aliphatic heterocycles. The van der Waals surface area contributed by atoms with E-state index in [2.05, 4.69) is 0 Å². The lowest BCUT2D eigenvalue weighted by molar-refractivity contribution is 0.0931. The van der Waals surface area contributed by atoms with Crippen molar-refractivity contribution in [3.05, 3.63) is 34.9 Å². The van der Waals surface area contributed by atoms with Gasteiger partial charge in [0.25, 0.3) is 0 Å². The summed E-state index contributed by atoms with van der Waals surface area (Å²) in [7, 11) is 0. The van der Waals surface area contributed by atoms with E-state index in [9.17, 15) is 13.6 Å². The van der Waals surface area contributed by atoms with Crippen LogP contribution in [0, 0.1) is 24.0 Å². The monoisotopic (exact) mass is 226 g/mol. The second-order valence-electron chi connectivity index (χ2n) is 5.21. The van der Waals surface area contributed by atoms with Crippen LogP contribution in [-0.2, 0) is 0 Å². The van der Waals surface area contributed by atoms with E-state index in [1.165, 1.54) is 13.0 Å². The number of hydrogen-bond acceptors (Lipinski definition) is 1. The molecule has 16 heavy (non-hydrogen) atoms. The minimum Gasteiger partial charge on any atom is -0.294 e. The fourth-order valence-electron chi connectivity index (χ4n) is 1.48. The molecule has 0 aliphatic carbocycles. The van der Waals surface area contributed by atoms with E-state index in [1.807, 2.05) is 20.8 Å². The summed E-state index contributed by atoms with van der Waals surface area (Å²) in [5.41, 5.74) is -0.395. The summed E-state index contributed by atoms with van der Waals surface area (Å²) < 4.78 is 27.0. The molecule has 0 amide bonds. The maximum atomic E-state index is 13.6. The molecule has 0 unspecified atom stereocenters. The van der Waals surface area contributed by atoms with Crippen molar-refractivity contribution in [2.24, 2.45) is 5.41 Å². The van der Waals surface area contributed by atoms with E-state index in [4.69, 9.17) is 0 Å².